The molecule has 1 aromatic carbocycles. The van der Waals surface area contributed by atoms with E-state index in [1.807, 2.05) is 0 Å². The lowest BCUT2D eigenvalue weighted by Crippen LogP contribution is -2.18. The zero-order valence-electron chi connectivity index (χ0n) is 9.96. The average Bonchev–Trinajstić information content (AvgIpc) is 2.94. The van der Waals surface area contributed by atoms with Crippen LogP contribution in [0.3, 0.4) is 0 Å². The van der Waals surface area contributed by atoms with Crippen LogP contribution in [0.2, 0.25) is 0 Å². The second-order valence-electron chi connectivity index (χ2n) is 4.78. The highest BCUT2D eigenvalue weighted by molar-refractivity contribution is 5.44. The van der Waals surface area contributed by atoms with E-state index in [9.17, 15) is 13.9 Å². The number of hydrogen-bond donors (Lipinski definition) is 1. The smallest absolute Gasteiger partial charge is 0.274 e. The lowest BCUT2D eigenvalue weighted by Gasteiger charge is -2.20. The number of ether oxygens (including phenoxy) is 1. The molecule has 17 heavy (non-hydrogen) atoms. The third kappa shape index (κ3) is 2.57. The first-order chi connectivity index (χ1) is 7.86. The molecule has 0 aliphatic heterocycles. The quantitative estimate of drug-likeness (QED) is 0.879. The molecular weight excluding hydrogens is 226 g/mol. The van der Waals surface area contributed by atoms with Crippen molar-refractivity contribution >= 4 is 0 Å². The molecular formula is C13H16F2O2. The molecule has 0 heterocycles. The Hall–Kier alpha value is -1.16. The lowest BCUT2D eigenvalue weighted by molar-refractivity contribution is 0.0134. The second kappa shape index (κ2) is 3.95. The molecule has 0 amide bonds. The van der Waals surface area contributed by atoms with Crippen LogP contribution in [0.1, 0.15) is 30.9 Å². The Kier molecular flexibility index (Phi) is 2.86. The van der Waals surface area contributed by atoms with Gasteiger partial charge in [-0.25, -0.2) is 8.78 Å². The topological polar surface area (TPSA) is 29.5 Å². The van der Waals surface area contributed by atoms with Crippen LogP contribution in [0, 0.1) is 0 Å². The molecule has 1 aliphatic carbocycles. The summed E-state index contributed by atoms with van der Waals surface area (Å²) in [6.07, 6.45) is 1.63. The Morgan fingerprint density at radius 1 is 1.41 bits per heavy atom. The molecule has 2 rings (SSSR count). The molecule has 0 atom stereocenters. The van der Waals surface area contributed by atoms with Gasteiger partial charge in [0.05, 0.1) is 18.3 Å². The molecule has 0 saturated heterocycles. The fraction of sp³-hybridized carbons (Fsp3) is 0.538. The Morgan fingerprint density at radius 2 is 2.06 bits per heavy atom. The first kappa shape index (κ1) is 12.3. The van der Waals surface area contributed by atoms with Crippen LogP contribution in [0.15, 0.2) is 18.2 Å². The first-order valence-electron chi connectivity index (χ1n) is 5.62. The van der Waals surface area contributed by atoms with Gasteiger partial charge in [0.2, 0.25) is 0 Å². The highest BCUT2D eigenvalue weighted by Crippen LogP contribution is 2.43. The summed E-state index contributed by atoms with van der Waals surface area (Å²) in [5.74, 6) is -2.79. The molecule has 1 aromatic rings. The van der Waals surface area contributed by atoms with Crippen LogP contribution in [0.5, 0.6) is 5.75 Å². The maximum Gasteiger partial charge on any atom is 0.274 e. The zero-order valence-corrected chi connectivity index (χ0v) is 9.96. The van der Waals surface area contributed by atoms with Gasteiger partial charge >= 0.3 is 0 Å². The number of alkyl halides is 2. The second-order valence-corrected chi connectivity index (χ2v) is 4.78. The van der Waals surface area contributed by atoms with Gasteiger partial charge in [-0.2, -0.15) is 0 Å². The minimum Gasteiger partial charge on any atom is -0.496 e. The van der Waals surface area contributed by atoms with Crippen molar-refractivity contribution in [1.29, 1.82) is 0 Å². The van der Waals surface area contributed by atoms with Gasteiger partial charge in [-0.15, -0.1) is 0 Å². The maximum absolute atomic E-state index is 13.6. The highest BCUT2D eigenvalue weighted by atomic mass is 19.3. The summed E-state index contributed by atoms with van der Waals surface area (Å²) in [4.78, 5) is 0. The SMILES string of the molecule is COc1cccc(CC2(O)CC2)c1C(C)(F)F. The van der Waals surface area contributed by atoms with Gasteiger partial charge in [-0.05, 0) is 24.5 Å². The molecule has 0 bridgehead atoms. The minimum absolute atomic E-state index is 0.108. The van der Waals surface area contributed by atoms with Crippen molar-refractivity contribution in [3.63, 3.8) is 0 Å². The van der Waals surface area contributed by atoms with Gasteiger partial charge in [-0.1, -0.05) is 12.1 Å². The van der Waals surface area contributed by atoms with E-state index in [1.165, 1.54) is 13.2 Å². The van der Waals surface area contributed by atoms with Crippen LogP contribution in [0.4, 0.5) is 8.78 Å². The molecule has 0 aromatic heterocycles. The van der Waals surface area contributed by atoms with Gasteiger partial charge < -0.3 is 9.84 Å². The van der Waals surface area contributed by atoms with E-state index in [0.29, 0.717) is 18.4 Å². The number of halogens is 2. The van der Waals surface area contributed by atoms with Crippen LogP contribution in [0.25, 0.3) is 0 Å². The van der Waals surface area contributed by atoms with Gasteiger partial charge in [0.1, 0.15) is 5.75 Å². The molecule has 0 unspecified atom stereocenters. The molecule has 0 radical (unpaired) electrons. The normalized spacial score (nSPS) is 17.9. The summed E-state index contributed by atoms with van der Waals surface area (Å²) < 4.78 is 32.2. The Labute approximate surface area is 99.2 Å². The fourth-order valence-corrected chi connectivity index (χ4v) is 2.07. The third-order valence-electron chi connectivity index (χ3n) is 3.12. The Balaban J connectivity index is 2.43. The van der Waals surface area contributed by atoms with E-state index in [0.717, 1.165) is 6.92 Å². The summed E-state index contributed by atoms with van der Waals surface area (Å²) in [7, 11) is 1.38. The summed E-state index contributed by atoms with van der Waals surface area (Å²) in [5.41, 5.74) is -0.425. The number of benzene rings is 1. The van der Waals surface area contributed by atoms with Crippen molar-refractivity contribution in [1.82, 2.24) is 0 Å². The van der Waals surface area contributed by atoms with Gasteiger partial charge in [0.25, 0.3) is 5.92 Å². The van der Waals surface area contributed by atoms with Gasteiger partial charge in [0.15, 0.2) is 0 Å². The van der Waals surface area contributed by atoms with E-state index in [2.05, 4.69) is 0 Å². The van der Waals surface area contributed by atoms with E-state index in [1.54, 1.807) is 12.1 Å². The van der Waals surface area contributed by atoms with Crippen LogP contribution in [-0.4, -0.2) is 17.8 Å². The minimum atomic E-state index is -2.97. The van der Waals surface area contributed by atoms with E-state index in [-0.39, 0.29) is 17.7 Å². The van der Waals surface area contributed by atoms with Gasteiger partial charge in [0, 0.05) is 13.3 Å². The van der Waals surface area contributed by atoms with Crippen LogP contribution >= 0.6 is 0 Å². The molecule has 1 N–H and O–H groups in total. The van der Waals surface area contributed by atoms with Crippen molar-refractivity contribution in [2.45, 2.75) is 37.7 Å². The number of rotatable bonds is 4. The number of aliphatic hydroxyl groups is 1. The molecule has 0 spiro atoms. The van der Waals surface area contributed by atoms with Crippen molar-refractivity contribution in [2.75, 3.05) is 7.11 Å². The number of hydrogen-bond acceptors (Lipinski definition) is 2. The molecule has 1 fully saturated rings. The summed E-state index contributed by atoms with van der Waals surface area (Å²) in [6, 6.07) is 4.83. The molecule has 1 saturated carbocycles. The highest BCUT2D eigenvalue weighted by Gasteiger charge is 2.42. The van der Waals surface area contributed by atoms with Crippen LogP contribution < -0.4 is 4.74 Å². The third-order valence-corrected chi connectivity index (χ3v) is 3.12. The van der Waals surface area contributed by atoms with Crippen molar-refractivity contribution in [3.8, 4) is 5.75 Å². The van der Waals surface area contributed by atoms with Crippen LogP contribution in [-0.2, 0) is 12.3 Å². The van der Waals surface area contributed by atoms with Crippen molar-refractivity contribution < 1.29 is 18.6 Å². The van der Waals surface area contributed by atoms with E-state index < -0.39 is 11.5 Å². The molecule has 4 heteroatoms. The molecule has 94 valence electrons. The average molecular weight is 242 g/mol. The van der Waals surface area contributed by atoms with E-state index >= 15 is 0 Å². The Bertz CT molecular complexity index is 420. The first-order valence-corrected chi connectivity index (χ1v) is 5.62. The standard InChI is InChI=1S/C13H16F2O2/c1-12(14,15)11-9(8-13(16)6-7-13)4-3-5-10(11)17-2/h3-5,16H,6-8H2,1-2H3. The summed E-state index contributed by atoms with van der Waals surface area (Å²) >= 11 is 0. The maximum atomic E-state index is 13.6. The van der Waals surface area contributed by atoms with Crippen molar-refractivity contribution in [3.05, 3.63) is 29.3 Å². The number of methoxy groups -OCH3 is 1. The summed E-state index contributed by atoms with van der Waals surface area (Å²) in [6.45, 7) is 0.852. The van der Waals surface area contributed by atoms with E-state index in [4.69, 9.17) is 4.74 Å². The van der Waals surface area contributed by atoms with Gasteiger partial charge in [-0.3, -0.25) is 0 Å². The zero-order chi connectivity index (χ0) is 12.7. The monoisotopic (exact) mass is 242 g/mol. The Morgan fingerprint density at radius 3 is 2.53 bits per heavy atom. The van der Waals surface area contributed by atoms with Crippen molar-refractivity contribution in [2.24, 2.45) is 0 Å². The lowest BCUT2D eigenvalue weighted by atomic mass is 9.96. The predicted molar refractivity (Wildman–Crippen MR) is 60.4 cm³/mol. The predicted octanol–water partition coefficient (Wildman–Crippen LogP) is 2.87. The molecule has 1 aliphatic rings. The molecule has 2 nitrogen and oxygen atoms in total. The largest absolute Gasteiger partial charge is 0.496 e. The fourth-order valence-electron chi connectivity index (χ4n) is 2.07. The summed E-state index contributed by atoms with van der Waals surface area (Å²) in [5, 5.41) is 9.85.